The molecule has 0 aliphatic carbocycles. The monoisotopic (exact) mass is 414 g/mol. The first-order valence-corrected chi connectivity index (χ1v) is 9.63. The van der Waals surface area contributed by atoms with E-state index in [2.05, 4.69) is 4.99 Å². The van der Waals surface area contributed by atoms with Gasteiger partial charge in [-0.05, 0) is 35.4 Å². The third kappa shape index (κ3) is 5.02. The Morgan fingerprint density at radius 3 is 2.61 bits per heavy atom. The zero-order chi connectivity index (χ0) is 21.6. The van der Waals surface area contributed by atoms with Gasteiger partial charge in [-0.3, -0.25) is 10.1 Å². The maximum Gasteiger partial charge on any atom is 0.363 e. The van der Waals surface area contributed by atoms with Crippen LogP contribution in [0.5, 0.6) is 5.75 Å². The van der Waals surface area contributed by atoms with Gasteiger partial charge in [-0.25, -0.2) is 9.79 Å². The van der Waals surface area contributed by atoms with E-state index in [0.717, 1.165) is 12.0 Å². The van der Waals surface area contributed by atoms with E-state index in [1.165, 1.54) is 23.8 Å². The lowest BCUT2D eigenvalue weighted by molar-refractivity contribution is -0.384. The van der Waals surface area contributed by atoms with Crippen molar-refractivity contribution < 1.29 is 19.2 Å². The van der Waals surface area contributed by atoms with Crippen LogP contribution < -0.4 is 4.74 Å². The lowest BCUT2D eigenvalue weighted by atomic mass is 10.1. The second-order valence-corrected chi connectivity index (χ2v) is 6.80. The van der Waals surface area contributed by atoms with Crippen molar-refractivity contribution in [1.82, 2.24) is 0 Å². The number of nitro groups is 1. The summed E-state index contributed by atoms with van der Waals surface area (Å²) in [4.78, 5) is 26.9. The highest BCUT2D eigenvalue weighted by atomic mass is 16.6. The predicted octanol–water partition coefficient (Wildman–Crippen LogP) is 4.56. The molecule has 0 fully saturated rings. The number of hydrogen-bond acceptors (Lipinski definition) is 6. The number of hydrogen-bond donors (Lipinski definition) is 0. The highest BCUT2D eigenvalue weighted by Gasteiger charge is 2.25. The summed E-state index contributed by atoms with van der Waals surface area (Å²) in [6.45, 7) is 0.529. The van der Waals surface area contributed by atoms with Crippen LogP contribution >= 0.6 is 0 Å². The van der Waals surface area contributed by atoms with Crippen molar-refractivity contribution in [2.45, 2.75) is 6.42 Å². The molecule has 0 radical (unpaired) electrons. The minimum Gasteiger partial charge on any atom is -0.493 e. The second kappa shape index (κ2) is 9.04. The molecule has 4 rings (SSSR count). The highest BCUT2D eigenvalue weighted by Crippen LogP contribution is 2.23. The largest absolute Gasteiger partial charge is 0.493 e. The molecule has 0 amide bonds. The first-order valence-electron chi connectivity index (χ1n) is 9.63. The Labute approximate surface area is 178 Å². The van der Waals surface area contributed by atoms with Crippen molar-refractivity contribution in [2.75, 3.05) is 6.61 Å². The number of carbonyl (C=O) groups is 1. The van der Waals surface area contributed by atoms with E-state index in [-0.39, 0.29) is 17.3 Å². The van der Waals surface area contributed by atoms with Gasteiger partial charge in [0.1, 0.15) is 5.75 Å². The van der Waals surface area contributed by atoms with Gasteiger partial charge in [-0.1, -0.05) is 48.5 Å². The number of nitro benzene ring substituents is 1. The lowest BCUT2D eigenvalue weighted by Gasteiger charge is -2.07. The number of esters is 1. The van der Waals surface area contributed by atoms with Crippen LogP contribution in [0.25, 0.3) is 6.08 Å². The summed E-state index contributed by atoms with van der Waals surface area (Å²) in [5.74, 6) is 0.103. The summed E-state index contributed by atoms with van der Waals surface area (Å²) in [7, 11) is 0. The van der Waals surface area contributed by atoms with Gasteiger partial charge in [-0.15, -0.1) is 0 Å². The minimum atomic E-state index is -0.614. The van der Waals surface area contributed by atoms with Crippen molar-refractivity contribution in [3.63, 3.8) is 0 Å². The van der Waals surface area contributed by atoms with Crippen molar-refractivity contribution in [2.24, 2.45) is 4.99 Å². The molecule has 0 spiro atoms. The van der Waals surface area contributed by atoms with E-state index in [4.69, 9.17) is 9.47 Å². The van der Waals surface area contributed by atoms with Gasteiger partial charge in [0, 0.05) is 24.1 Å². The Morgan fingerprint density at radius 2 is 1.81 bits per heavy atom. The third-order valence-corrected chi connectivity index (χ3v) is 4.59. The standard InChI is InChI=1S/C24H18N2O5/c27-24-22(25-23(31-24)19-9-5-10-20(16-19)26(28)29)15-18-8-4-11-21(14-18)30-13-12-17-6-2-1-3-7-17/h1-11,14-16H,12-13H2/b22-15-. The van der Waals surface area contributed by atoms with Crippen LogP contribution in [0.2, 0.25) is 0 Å². The minimum absolute atomic E-state index is 0.0372. The van der Waals surface area contributed by atoms with Gasteiger partial charge in [0.25, 0.3) is 5.69 Å². The van der Waals surface area contributed by atoms with Gasteiger partial charge in [0.15, 0.2) is 5.70 Å². The van der Waals surface area contributed by atoms with Crippen molar-refractivity contribution in [1.29, 1.82) is 0 Å². The second-order valence-electron chi connectivity index (χ2n) is 6.80. The third-order valence-electron chi connectivity index (χ3n) is 4.59. The van der Waals surface area contributed by atoms with E-state index in [1.807, 2.05) is 54.6 Å². The van der Waals surface area contributed by atoms with Gasteiger partial charge >= 0.3 is 5.97 Å². The van der Waals surface area contributed by atoms with Gasteiger partial charge < -0.3 is 9.47 Å². The number of carbonyl (C=O) groups excluding carboxylic acids is 1. The molecular weight excluding hydrogens is 396 g/mol. The molecule has 7 nitrogen and oxygen atoms in total. The Bertz CT molecular complexity index is 1190. The molecule has 0 aromatic heterocycles. The number of nitrogens with zero attached hydrogens (tertiary/aromatic N) is 2. The number of benzene rings is 3. The smallest absolute Gasteiger partial charge is 0.363 e. The molecule has 0 atom stereocenters. The topological polar surface area (TPSA) is 91.0 Å². The van der Waals surface area contributed by atoms with Crippen LogP contribution in [-0.2, 0) is 16.0 Å². The summed E-state index contributed by atoms with van der Waals surface area (Å²) in [5, 5.41) is 11.0. The molecule has 1 aliphatic heterocycles. The average molecular weight is 414 g/mol. The number of ether oxygens (including phenoxy) is 2. The lowest BCUT2D eigenvalue weighted by Crippen LogP contribution is -2.05. The van der Waals surface area contributed by atoms with Crippen molar-refractivity contribution in [3.8, 4) is 5.75 Å². The molecule has 0 saturated carbocycles. The van der Waals surface area contributed by atoms with Crippen LogP contribution in [0.15, 0.2) is 89.6 Å². The summed E-state index contributed by atoms with van der Waals surface area (Å²) in [6, 6.07) is 23.2. The molecule has 0 saturated heterocycles. The molecule has 1 aliphatic rings. The molecule has 0 N–H and O–H groups in total. The first kappa shape index (κ1) is 20.0. The molecule has 0 bridgehead atoms. The molecule has 3 aromatic carbocycles. The van der Waals surface area contributed by atoms with Crippen molar-refractivity contribution >= 4 is 23.6 Å². The quantitative estimate of drug-likeness (QED) is 0.245. The fourth-order valence-electron chi connectivity index (χ4n) is 3.07. The maximum atomic E-state index is 12.2. The van der Waals surface area contributed by atoms with Crippen LogP contribution in [0, 0.1) is 10.1 Å². The molecular formula is C24H18N2O5. The number of aliphatic imine (C=N–C) groups is 1. The van der Waals surface area contributed by atoms with Crippen LogP contribution in [0.1, 0.15) is 16.7 Å². The van der Waals surface area contributed by atoms with Crippen LogP contribution in [-0.4, -0.2) is 23.4 Å². The average Bonchev–Trinajstić information content (AvgIpc) is 3.15. The normalized spacial score (nSPS) is 14.3. The molecule has 154 valence electrons. The number of rotatable bonds is 7. The summed E-state index contributed by atoms with van der Waals surface area (Å²) >= 11 is 0. The van der Waals surface area contributed by atoms with Crippen LogP contribution in [0.3, 0.4) is 0 Å². The fourth-order valence-corrected chi connectivity index (χ4v) is 3.07. The van der Waals surface area contributed by atoms with Crippen LogP contribution in [0.4, 0.5) is 5.69 Å². The van der Waals surface area contributed by atoms with E-state index in [1.54, 1.807) is 12.1 Å². The highest BCUT2D eigenvalue weighted by molar-refractivity contribution is 6.13. The fraction of sp³-hybridized carbons (Fsp3) is 0.0833. The zero-order valence-corrected chi connectivity index (χ0v) is 16.4. The molecule has 0 unspecified atom stereocenters. The Balaban J connectivity index is 1.48. The summed E-state index contributed by atoms with van der Waals surface area (Å²) < 4.78 is 11.0. The van der Waals surface area contributed by atoms with Gasteiger partial charge in [0.05, 0.1) is 11.5 Å². The van der Waals surface area contributed by atoms with E-state index < -0.39 is 10.9 Å². The van der Waals surface area contributed by atoms with E-state index in [9.17, 15) is 14.9 Å². The number of non-ortho nitro benzene ring substituents is 1. The zero-order valence-electron chi connectivity index (χ0n) is 16.4. The predicted molar refractivity (Wildman–Crippen MR) is 116 cm³/mol. The Morgan fingerprint density at radius 1 is 1.00 bits per heavy atom. The Kier molecular flexibility index (Phi) is 5.84. The summed E-state index contributed by atoms with van der Waals surface area (Å²) in [6.07, 6.45) is 2.38. The Hall–Kier alpha value is -4.26. The van der Waals surface area contributed by atoms with Gasteiger partial charge in [0.2, 0.25) is 5.90 Å². The molecule has 1 heterocycles. The SMILES string of the molecule is O=C1OC(c2cccc([N+](=O)[O-])c2)=N/C1=C\c1cccc(OCCc2ccccc2)c1. The molecule has 3 aromatic rings. The van der Waals surface area contributed by atoms with E-state index >= 15 is 0 Å². The maximum absolute atomic E-state index is 12.2. The first-order chi connectivity index (χ1) is 15.1. The summed E-state index contributed by atoms with van der Waals surface area (Å²) in [5.41, 5.74) is 2.30. The van der Waals surface area contributed by atoms with Gasteiger partial charge in [-0.2, -0.15) is 0 Å². The molecule has 7 heteroatoms. The van der Waals surface area contributed by atoms with E-state index in [0.29, 0.717) is 17.9 Å². The van der Waals surface area contributed by atoms with Crippen molar-refractivity contribution in [3.05, 3.63) is 111 Å². The number of cyclic esters (lactones) is 1. The molecule has 31 heavy (non-hydrogen) atoms.